The second-order valence-corrected chi connectivity index (χ2v) is 12.5. The van der Waals surface area contributed by atoms with Gasteiger partial charge in [-0.3, -0.25) is 14.6 Å². The fourth-order valence-corrected chi connectivity index (χ4v) is 6.77. The van der Waals surface area contributed by atoms with Gasteiger partial charge in [0.25, 0.3) is 0 Å². The normalized spacial score (nSPS) is 18.2. The first-order valence-electron chi connectivity index (χ1n) is 15.3. The maximum atomic E-state index is 14.2. The summed E-state index contributed by atoms with van der Waals surface area (Å²) in [5, 5.41) is 16.3. The zero-order valence-corrected chi connectivity index (χ0v) is 28.2. The molecule has 5 rings (SSSR count). The standard InChI is InChI=1S/C34H41IN6O4/c1-4-16-39(34(45)36-20-25-8-6-5-7-9-25)40-23-32(43)41-30(17-24-11-14-28(42)15-12-24)33(44)38(22-31(40)41)21-26-10-13-27(19-35)29(18-26)37(2)3/h5-15,18,30-31,42H,4,16-17,19-23H2,1-3H3,(H,36,45)/t30-,31+/m0/s1. The number of urea groups is 1. The Kier molecular flexibility index (Phi) is 10.5. The largest absolute Gasteiger partial charge is 0.508 e. The fourth-order valence-electron chi connectivity index (χ4n) is 6.13. The predicted octanol–water partition coefficient (Wildman–Crippen LogP) is 4.35. The van der Waals surface area contributed by atoms with E-state index in [4.69, 9.17) is 0 Å². The molecule has 2 aliphatic heterocycles. The predicted molar refractivity (Wildman–Crippen MR) is 183 cm³/mol. The number of nitrogens with one attached hydrogen (secondary N) is 1. The number of alkyl halides is 1. The summed E-state index contributed by atoms with van der Waals surface area (Å²) in [5.41, 5.74) is 5.14. The molecule has 0 aliphatic carbocycles. The highest BCUT2D eigenvalue weighted by Gasteiger charge is 2.52. The lowest BCUT2D eigenvalue weighted by molar-refractivity contribution is -0.157. The number of rotatable bonds is 11. The summed E-state index contributed by atoms with van der Waals surface area (Å²) in [4.78, 5) is 47.1. The molecule has 0 radical (unpaired) electrons. The van der Waals surface area contributed by atoms with E-state index >= 15 is 0 Å². The number of piperazine rings is 1. The number of hydrogen-bond donors (Lipinski definition) is 2. The molecule has 2 N–H and O–H groups in total. The van der Waals surface area contributed by atoms with Crippen LogP contribution in [0.3, 0.4) is 0 Å². The highest BCUT2D eigenvalue weighted by molar-refractivity contribution is 14.1. The van der Waals surface area contributed by atoms with Crippen LogP contribution in [0.1, 0.15) is 35.6 Å². The molecular formula is C34H41IN6O4. The van der Waals surface area contributed by atoms with Crippen LogP contribution in [0.25, 0.3) is 0 Å². The van der Waals surface area contributed by atoms with E-state index < -0.39 is 12.2 Å². The van der Waals surface area contributed by atoms with Crippen molar-refractivity contribution in [2.45, 2.75) is 49.5 Å². The van der Waals surface area contributed by atoms with Gasteiger partial charge in [0.1, 0.15) is 18.0 Å². The minimum atomic E-state index is -0.747. The molecule has 2 saturated heterocycles. The first-order chi connectivity index (χ1) is 21.7. The number of anilines is 1. The maximum absolute atomic E-state index is 14.2. The van der Waals surface area contributed by atoms with Gasteiger partial charge in [0, 0.05) is 50.3 Å². The summed E-state index contributed by atoms with van der Waals surface area (Å²) >= 11 is 2.36. The number of carbonyl (C=O) groups is 3. The Labute approximate surface area is 278 Å². The van der Waals surface area contributed by atoms with Crippen molar-refractivity contribution >= 4 is 46.1 Å². The second kappa shape index (κ2) is 14.5. The van der Waals surface area contributed by atoms with Crippen LogP contribution in [0.2, 0.25) is 0 Å². The highest BCUT2D eigenvalue weighted by Crippen LogP contribution is 2.31. The van der Waals surface area contributed by atoms with Crippen molar-refractivity contribution in [1.82, 2.24) is 25.1 Å². The number of fused-ring (bicyclic) bond motifs is 1. The zero-order valence-electron chi connectivity index (χ0n) is 26.0. The van der Waals surface area contributed by atoms with Crippen LogP contribution in [-0.4, -0.2) is 88.7 Å². The topological polar surface area (TPSA) is 99.7 Å². The molecule has 11 heteroatoms. The van der Waals surface area contributed by atoms with Crippen LogP contribution in [-0.2, 0) is 33.5 Å². The molecule has 2 aliphatic rings. The van der Waals surface area contributed by atoms with Gasteiger partial charge < -0.3 is 25.1 Å². The van der Waals surface area contributed by atoms with Crippen molar-refractivity contribution in [2.24, 2.45) is 0 Å². The van der Waals surface area contributed by atoms with Crippen LogP contribution < -0.4 is 10.2 Å². The van der Waals surface area contributed by atoms with Gasteiger partial charge in [0.05, 0.1) is 13.1 Å². The third-order valence-corrected chi connectivity index (χ3v) is 9.17. The van der Waals surface area contributed by atoms with E-state index in [1.807, 2.05) is 61.3 Å². The Hall–Kier alpha value is -3.84. The quantitative estimate of drug-likeness (QED) is 0.226. The van der Waals surface area contributed by atoms with Crippen molar-refractivity contribution in [2.75, 3.05) is 38.6 Å². The minimum Gasteiger partial charge on any atom is -0.508 e. The number of hydrazine groups is 1. The van der Waals surface area contributed by atoms with E-state index in [9.17, 15) is 19.5 Å². The number of aromatic hydroxyl groups is 1. The highest BCUT2D eigenvalue weighted by atomic mass is 127. The summed E-state index contributed by atoms with van der Waals surface area (Å²) in [5.74, 6) is -0.176. The molecule has 4 amide bonds. The summed E-state index contributed by atoms with van der Waals surface area (Å²) in [6, 6.07) is 21.7. The Balaban J connectivity index is 1.45. The van der Waals surface area contributed by atoms with Crippen LogP contribution in [0.5, 0.6) is 5.75 Å². The first-order valence-corrected chi connectivity index (χ1v) is 16.8. The number of phenolic OH excluding ortho intramolecular Hbond substituents is 1. The number of nitrogens with zero attached hydrogens (tertiary/aromatic N) is 5. The Bertz CT molecular complexity index is 1500. The van der Waals surface area contributed by atoms with Crippen LogP contribution in [0.4, 0.5) is 10.5 Å². The molecule has 2 fully saturated rings. The fraction of sp³-hybridized carbons (Fsp3) is 0.382. The smallest absolute Gasteiger partial charge is 0.332 e. The number of hydrogen-bond acceptors (Lipinski definition) is 6. The molecule has 3 aromatic rings. The maximum Gasteiger partial charge on any atom is 0.332 e. The van der Waals surface area contributed by atoms with Gasteiger partial charge in [-0.05, 0) is 46.9 Å². The van der Waals surface area contributed by atoms with Crippen molar-refractivity contribution in [3.63, 3.8) is 0 Å². The summed E-state index contributed by atoms with van der Waals surface area (Å²) < 4.78 is 0.872. The second-order valence-electron chi connectivity index (χ2n) is 11.7. The molecule has 10 nitrogen and oxygen atoms in total. The van der Waals surface area contributed by atoms with E-state index in [0.717, 1.165) is 26.8 Å². The minimum absolute atomic E-state index is 0.00571. The van der Waals surface area contributed by atoms with Crippen molar-refractivity contribution in [1.29, 1.82) is 0 Å². The van der Waals surface area contributed by atoms with Crippen molar-refractivity contribution < 1.29 is 19.5 Å². The van der Waals surface area contributed by atoms with Crippen LogP contribution in [0.15, 0.2) is 72.8 Å². The van der Waals surface area contributed by atoms with Gasteiger partial charge in [-0.2, -0.15) is 5.01 Å². The number of phenols is 1. The van der Waals surface area contributed by atoms with Crippen molar-refractivity contribution in [3.05, 3.63) is 95.1 Å². The molecule has 0 bridgehead atoms. The third kappa shape index (κ3) is 7.36. The number of amides is 4. The molecule has 0 unspecified atom stereocenters. The molecule has 238 valence electrons. The SMILES string of the molecule is CCCN(C(=O)NCc1ccccc1)N1CC(=O)N2[C@@H](Cc3ccc(O)cc3)C(=O)N(Cc3ccc(CI)c(N(C)C)c3)C[C@@H]21. The molecule has 0 spiro atoms. The van der Waals surface area contributed by atoms with Crippen LogP contribution in [0, 0.1) is 0 Å². The van der Waals surface area contributed by atoms with Crippen molar-refractivity contribution in [3.8, 4) is 5.75 Å². The van der Waals surface area contributed by atoms with E-state index in [0.29, 0.717) is 32.5 Å². The molecule has 45 heavy (non-hydrogen) atoms. The van der Waals surface area contributed by atoms with E-state index in [1.54, 1.807) is 34.2 Å². The Morgan fingerprint density at radius 1 is 1.00 bits per heavy atom. The number of carbonyl (C=O) groups excluding carboxylic acids is 3. The lowest BCUT2D eigenvalue weighted by Gasteiger charge is -2.46. The number of halogens is 1. The summed E-state index contributed by atoms with van der Waals surface area (Å²) in [6.07, 6.45) is 0.496. The molecule has 0 saturated carbocycles. The molecule has 2 atom stereocenters. The van der Waals surface area contributed by atoms with Gasteiger partial charge in [-0.25, -0.2) is 4.79 Å². The summed E-state index contributed by atoms with van der Waals surface area (Å²) in [7, 11) is 4.03. The number of benzene rings is 3. The van der Waals surface area contributed by atoms with Gasteiger partial charge >= 0.3 is 6.03 Å². The zero-order chi connectivity index (χ0) is 32.1. The molecule has 0 aromatic heterocycles. The molecule has 2 heterocycles. The Morgan fingerprint density at radius 3 is 2.38 bits per heavy atom. The molecule has 3 aromatic carbocycles. The van der Waals surface area contributed by atoms with Gasteiger partial charge in [0.15, 0.2) is 0 Å². The molecular weight excluding hydrogens is 683 g/mol. The lowest BCUT2D eigenvalue weighted by Crippen LogP contribution is -2.66. The first kappa shape index (κ1) is 32.6. The van der Waals surface area contributed by atoms with Gasteiger partial charge in [-0.1, -0.05) is 84.1 Å². The van der Waals surface area contributed by atoms with Gasteiger partial charge in [-0.15, -0.1) is 0 Å². The lowest BCUT2D eigenvalue weighted by atomic mass is 9.99. The van der Waals surface area contributed by atoms with E-state index in [-0.39, 0.29) is 36.7 Å². The summed E-state index contributed by atoms with van der Waals surface area (Å²) in [6.45, 7) is 3.46. The third-order valence-electron chi connectivity index (χ3n) is 8.35. The van der Waals surface area contributed by atoms with E-state index in [2.05, 4.69) is 51.0 Å². The van der Waals surface area contributed by atoms with E-state index in [1.165, 1.54) is 5.56 Å². The average molecular weight is 725 g/mol. The average Bonchev–Trinajstić information content (AvgIpc) is 3.36. The Morgan fingerprint density at radius 2 is 1.71 bits per heavy atom. The monoisotopic (exact) mass is 724 g/mol. The van der Waals surface area contributed by atoms with Crippen LogP contribution >= 0.6 is 22.6 Å². The van der Waals surface area contributed by atoms with Gasteiger partial charge in [0.2, 0.25) is 11.8 Å².